The first-order valence-electron chi connectivity index (χ1n) is 9.02. The van der Waals surface area contributed by atoms with E-state index in [1.54, 1.807) is 13.1 Å². The summed E-state index contributed by atoms with van der Waals surface area (Å²) < 4.78 is 24.2. The van der Waals surface area contributed by atoms with Crippen LogP contribution in [0.5, 0.6) is 0 Å². The van der Waals surface area contributed by atoms with Gasteiger partial charge >= 0.3 is 0 Å². The Bertz CT molecular complexity index is 1090. The summed E-state index contributed by atoms with van der Waals surface area (Å²) in [4.78, 5) is 0.250. The van der Waals surface area contributed by atoms with Gasteiger partial charge in [-0.05, 0) is 67.6 Å². The summed E-state index contributed by atoms with van der Waals surface area (Å²) in [5.41, 5.74) is 5.58. The Kier molecular flexibility index (Phi) is 5.26. The highest BCUT2D eigenvalue weighted by Crippen LogP contribution is 2.33. The SMILES string of the molecule is CC[C@H](CNc1ccc2cn[nH]c2c1)c1c(C)cc(C)c(S(N)(=O)=O)c1C. The predicted molar refractivity (Wildman–Crippen MR) is 110 cm³/mol. The van der Waals surface area contributed by atoms with Crippen molar-refractivity contribution in [2.75, 3.05) is 11.9 Å². The molecular weight excluding hydrogens is 360 g/mol. The molecule has 1 atom stereocenters. The van der Waals surface area contributed by atoms with Crippen molar-refractivity contribution in [1.82, 2.24) is 10.2 Å². The number of nitrogens with zero attached hydrogens (tertiary/aromatic N) is 1. The first-order chi connectivity index (χ1) is 12.7. The van der Waals surface area contributed by atoms with E-state index < -0.39 is 10.0 Å². The molecule has 0 amide bonds. The molecule has 0 aliphatic rings. The van der Waals surface area contributed by atoms with E-state index in [9.17, 15) is 8.42 Å². The molecule has 0 aliphatic heterocycles. The van der Waals surface area contributed by atoms with Crippen molar-refractivity contribution < 1.29 is 8.42 Å². The van der Waals surface area contributed by atoms with Crippen LogP contribution in [0.1, 0.15) is 41.5 Å². The van der Waals surface area contributed by atoms with Gasteiger partial charge < -0.3 is 5.32 Å². The Balaban J connectivity index is 1.93. The second-order valence-electron chi connectivity index (χ2n) is 7.08. The number of H-pyrrole nitrogens is 1. The van der Waals surface area contributed by atoms with Gasteiger partial charge in [0.1, 0.15) is 0 Å². The van der Waals surface area contributed by atoms with E-state index in [0.717, 1.165) is 39.7 Å². The molecule has 0 spiro atoms. The number of nitrogens with one attached hydrogen (secondary N) is 2. The van der Waals surface area contributed by atoms with E-state index in [2.05, 4.69) is 22.4 Å². The number of aromatic amines is 1. The third-order valence-electron chi connectivity index (χ3n) is 5.14. The van der Waals surface area contributed by atoms with Gasteiger partial charge in [0.05, 0.1) is 16.6 Å². The van der Waals surface area contributed by atoms with Crippen molar-refractivity contribution in [3.05, 3.63) is 52.7 Å². The number of aryl methyl sites for hydroxylation is 2. The number of hydrogen-bond acceptors (Lipinski definition) is 4. The van der Waals surface area contributed by atoms with E-state index in [1.807, 2.05) is 38.1 Å². The minimum atomic E-state index is -3.76. The zero-order valence-electron chi connectivity index (χ0n) is 16.1. The highest BCUT2D eigenvalue weighted by molar-refractivity contribution is 7.89. The molecule has 0 radical (unpaired) electrons. The summed E-state index contributed by atoms with van der Waals surface area (Å²) in [5, 5.41) is 17.0. The molecule has 6 nitrogen and oxygen atoms in total. The lowest BCUT2D eigenvalue weighted by molar-refractivity contribution is 0.595. The van der Waals surface area contributed by atoms with Crippen LogP contribution in [0.2, 0.25) is 0 Å². The van der Waals surface area contributed by atoms with E-state index in [4.69, 9.17) is 5.14 Å². The average Bonchev–Trinajstić information content (AvgIpc) is 3.03. The second-order valence-corrected chi connectivity index (χ2v) is 8.58. The van der Waals surface area contributed by atoms with Crippen molar-refractivity contribution in [1.29, 1.82) is 0 Å². The number of primary sulfonamides is 1. The normalized spacial score (nSPS) is 13.1. The Labute approximate surface area is 160 Å². The summed E-state index contributed by atoms with van der Waals surface area (Å²) in [6.45, 7) is 8.49. The minimum Gasteiger partial charge on any atom is -0.384 e. The third-order valence-corrected chi connectivity index (χ3v) is 6.34. The molecule has 0 bridgehead atoms. The first kappa shape index (κ1) is 19.4. The molecule has 3 aromatic rings. The van der Waals surface area contributed by atoms with Crippen molar-refractivity contribution in [3.8, 4) is 0 Å². The molecule has 1 aromatic heterocycles. The number of aromatic nitrogens is 2. The molecule has 0 aliphatic carbocycles. The van der Waals surface area contributed by atoms with Crippen molar-refractivity contribution in [2.45, 2.75) is 44.9 Å². The molecule has 2 aromatic carbocycles. The molecule has 3 rings (SSSR count). The molecule has 0 saturated carbocycles. The molecule has 0 saturated heterocycles. The zero-order valence-corrected chi connectivity index (χ0v) is 16.9. The van der Waals surface area contributed by atoms with Crippen LogP contribution in [-0.4, -0.2) is 25.2 Å². The van der Waals surface area contributed by atoms with Gasteiger partial charge in [0.2, 0.25) is 10.0 Å². The van der Waals surface area contributed by atoms with Crippen LogP contribution in [0.4, 0.5) is 5.69 Å². The molecule has 7 heteroatoms. The molecule has 1 heterocycles. The monoisotopic (exact) mass is 386 g/mol. The van der Waals surface area contributed by atoms with Crippen LogP contribution < -0.4 is 10.5 Å². The fourth-order valence-corrected chi connectivity index (χ4v) is 5.03. The maximum Gasteiger partial charge on any atom is 0.238 e. The van der Waals surface area contributed by atoms with Crippen LogP contribution in [0.3, 0.4) is 0 Å². The second kappa shape index (κ2) is 7.32. The maximum absolute atomic E-state index is 12.1. The number of hydrogen-bond donors (Lipinski definition) is 3. The average molecular weight is 387 g/mol. The zero-order chi connectivity index (χ0) is 19.8. The topological polar surface area (TPSA) is 101 Å². The van der Waals surface area contributed by atoms with Crippen LogP contribution in [0.15, 0.2) is 35.4 Å². The molecule has 144 valence electrons. The molecule has 0 fully saturated rings. The van der Waals surface area contributed by atoms with Crippen LogP contribution in [0.25, 0.3) is 10.9 Å². The van der Waals surface area contributed by atoms with E-state index in [-0.39, 0.29) is 10.8 Å². The third kappa shape index (κ3) is 3.84. The van der Waals surface area contributed by atoms with Gasteiger partial charge in [0.25, 0.3) is 0 Å². The lowest BCUT2D eigenvalue weighted by atomic mass is 9.87. The molecule has 27 heavy (non-hydrogen) atoms. The van der Waals surface area contributed by atoms with Gasteiger partial charge in [-0.15, -0.1) is 0 Å². The highest BCUT2D eigenvalue weighted by Gasteiger charge is 2.23. The minimum absolute atomic E-state index is 0.170. The fourth-order valence-electron chi connectivity index (χ4n) is 3.99. The maximum atomic E-state index is 12.1. The summed E-state index contributed by atoms with van der Waals surface area (Å²) >= 11 is 0. The summed E-state index contributed by atoms with van der Waals surface area (Å²) in [7, 11) is -3.76. The summed E-state index contributed by atoms with van der Waals surface area (Å²) in [5.74, 6) is 0.170. The van der Waals surface area contributed by atoms with Gasteiger partial charge in [0, 0.05) is 23.5 Å². The van der Waals surface area contributed by atoms with E-state index >= 15 is 0 Å². The Morgan fingerprint density at radius 2 is 1.93 bits per heavy atom. The summed E-state index contributed by atoms with van der Waals surface area (Å²) in [6, 6.07) is 7.99. The largest absolute Gasteiger partial charge is 0.384 e. The number of anilines is 1. The van der Waals surface area contributed by atoms with Gasteiger partial charge in [-0.2, -0.15) is 5.10 Å². The van der Waals surface area contributed by atoms with E-state index in [1.165, 1.54) is 0 Å². The van der Waals surface area contributed by atoms with Gasteiger partial charge in [-0.3, -0.25) is 5.10 Å². The summed E-state index contributed by atoms with van der Waals surface area (Å²) in [6.07, 6.45) is 2.68. The highest BCUT2D eigenvalue weighted by atomic mass is 32.2. The lowest BCUT2D eigenvalue weighted by Crippen LogP contribution is -2.20. The Hall–Kier alpha value is -2.38. The standard InChI is InChI=1S/C20H26N4O2S/c1-5-15(10-22-17-7-6-16-11-23-24-18(16)9-17)19-12(2)8-13(3)20(14(19)4)27(21,25)26/h6-9,11,15,22H,5,10H2,1-4H3,(H,23,24)(H2,21,25,26)/t15-/m1/s1. The first-order valence-corrected chi connectivity index (χ1v) is 10.6. The van der Waals surface area contributed by atoms with Crippen molar-refractivity contribution in [3.63, 3.8) is 0 Å². The number of benzene rings is 2. The van der Waals surface area contributed by atoms with Crippen molar-refractivity contribution in [2.24, 2.45) is 5.14 Å². The quantitative estimate of drug-likeness (QED) is 0.601. The number of sulfonamides is 1. The van der Waals surface area contributed by atoms with Crippen molar-refractivity contribution >= 4 is 26.6 Å². The molecule has 0 unspecified atom stereocenters. The smallest absolute Gasteiger partial charge is 0.238 e. The molecule has 4 N–H and O–H groups in total. The number of nitrogens with two attached hydrogens (primary N) is 1. The Morgan fingerprint density at radius 3 is 2.59 bits per heavy atom. The predicted octanol–water partition coefficient (Wildman–Crippen LogP) is 3.74. The van der Waals surface area contributed by atoms with Gasteiger partial charge in [0.15, 0.2) is 0 Å². The van der Waals surface area contributed by atoms with Crippen LogP contribution >= 0.6 is 0 Å². The van der Waals surface area contributed by atoms with Crippen LogP contribution in [0, 0.1) is 20.8 Å². The number of fused-ring (bicyclic) bond motifs is 1. The number of rotatable bonds is 6. The van der Waals surface area contributed by atoms with E-state index in [0.29, 0.717) is 12.1 Å². The Morgan fingerprint density at radius 1 is 1.19 bits per heavy atom. The van der Waals surface area contributed by atoms with Gasteiger partial charge in [-0.25, -0.2) is 13.6 Å². The molecular formula is C20H26N4O2S. The lowest BCUT2D eigenvalue weighted by Gasteiger charge is -2.24. The van der Waals surface area contributed by atoms with Crippen LogP contribution in [-0.2, 0) is 10.0 Å². The fraction of sp³-hybridized carbons (Fsp3) is 0.350. The van der Waals surface area contributed by atoms with Gasteiger partial charge in [-0.1, -0.05) is 13.0 Å².